The molecule has 0 saturated carbocycles. The lowest BCUT2D eigenvalue weighted by molar-refractivity contribution is -0.123. The minimum Gasteiger partial charge on any atom is -0.493 e. The van der Waals surface area contributed by atoms with E-state index in [0.29, 0.717) is 36.3 Å². The number of hydrogen-bond acceptors (Lipinski definition) is 5. The first kappa shape index (κ1) is 20.5. The maximum atomic E-state index is 12.3. The van der Waals surface area contributed by atoms with Crippen LogP contribution >= 0.6 is 11.6 Å². The van der Waals surface area contributed by atoms with E-state index in [1.807, 2.05) is 36.4 Å². The second-order valence-electron chi connectivity index (χ2n) is 6.46. The number of benzene rings is 2. The fourth-order valence-corrected chi connectivity index (χ4v) is 3.30. The predicted molar refractivity (Wildman–Crippen MR) is 108 cm³/mol. The van der Waals surface area contributed by atoms with Gasteiger partial charge in [0, 0.05) is 24.7 Å². The molecule has 1 saturated heterocycles. The third-order valence-electron chi connectivity index (χ3n) is 4.66. The second-order valence-corrected chi connectivity index (χ2v) is 6.90. The van der Waals surface area contributed by atoms with Crippen molar-refractivity contribution >= 4 is 17.5 Å². The molecule has 0 bridgehead atoms. The first-order chi connectivity index (χ1) is 13.7. The van der Waals surface area contributed by atoms with Gasteiger partial charge in [0.1, 0.15) is 0 Å². The van der Waals surface area contributed by atoms with Crippen molar-refractivity contribution < 1.29 is 19.0 Å². The molecule has 0 radical (unpaired) electrons. The highest BCUT2D eigenvalue weighted by Gasteiger charge is 2.23. The van der Waals surface area contributed by atoms with Crippen LogP contribution in [0.15, 0.2) is 48.5 Å². The molecular formula is C21H25ClN2O4. The third-order valence-corrected chi connectivity index (χ3v) is 4.91. The van der Waals surface area contributed by atoms with Crippen molar-refractivity contribution in [2.24, 2.45) is 0 Å². The van der Waals surface area contributed by atoms with Gasteiger partial charge >= 0.3 is 0 Å². The van der Waals surface area contributed by atoms with Crippen LogP contribution in [0.25, 0.3) is 0 Å². The van der Waals surface area contributed by atoms with Crippen molar-refractivity contribution in [3.63, 3.8) is 0 Å². The zero-order valence-corrected chi connectivity index (χ0v) is 16.7. The Morgan fingerprint density at radius 3 is 2.50 bits per heavy atom. The number of methoxy groups -OCH3 is 1. The highest BCUT2D eigenvalue weighted by Crippen LogP contribution is 2.26. The molecular weight excluding hydrogens is 380 g/mol. The van der Waals surface area contributed by atoms with Crippen molar-refractivity contribution in [2.45, 2.75) is 6.04 Å². The number of carbonyl (C=O) groups excluding carboxylic acids is 1. The van der Waals surface area contributed by atoms with Crippen molar-refractivity contribution in [1.82, 2.24) is 10.2 Å². The quantitative estimate of drug-likeness (QED) is 0.733. The minimum atomic E-state index is -0.182. The van der Waals surface area contributed by atoms with E-state index in [-0.39, 0.29) is 18.6 Å². The van der Waals surface area contributed by atoms with Crippen LogP contribution in [0.1, 0.15) is 11.6 Å². The molecule has 1 unspecified atom stereocenters. The van der Waals surface area contributed by atoms with Gasteiger partial charge in [-0.2, -0.15) is 0 Å². The van der Waals surface area contributed by atoms with Crippen LogP contribution in [0.4, 0.5) is 0 Å². The van der Waals surface area contributed by atoms with Gasteiger partial charge in [-0.15, -0.1) is 0 Å². The van der Waals surface area contributed by atoms with E-state index >= 15 is 0 Å². The Bertz CT molecular complexity index is 763. The Hall–Kier alpha value is -2.28. The zero-order valence-electron chi connectivity index (χ0n) is 15.9. The van der Waals surface area contributed by atoms with Crippen LogP contribution < -0.4 is 14.8 Å². The minimum absolute atomic E-state index is 0.0522. The number of rotatable bonds is 8. The summed E-state index contributed by atoms with van der Waals surface area (Å²) >= 11 is 6.02. The molecule has 2 aromatic rings. The summed E-state index contributed by atoms with van der Waals surface area (Å²) in [6.07, 6.45) is 0. The van der Waals surface area contributed by atoms with E-state index in [2.05, 4.69) is 10.2 Å². The lowest BCUT2D eigenvalue weighted by Gasteiger charge is -2.35. The van der Waals surface area contributed by atoms with E-state index in [9.17, 15) is 4.79 Å². The Kier molecular flexibility index (Phi) is 7.54. The molecule has 0 aliphatic carbocycles. The number of hydrogen-bond donors (Lipinski definition) is 1. The molecule has 1 heterocycles. The van der Waals surface area contributed by atoms with Gasteiger partial charge < -0.3 is 19.5 Å². The Labute approximate surface area is 170 Å². The van der Waals surface area contributed by atoms with E-state index in [1.165, 1.54) is 0 Å². The van der Waals surface area contributed by atoms with Gasteiger partial charge in [0.2, 0.25) is 0 Å². The number of halogens is 1. The van der Waals surface area contributed by atoms with Crippen molar-refractivity contribution in [3.8, 4) is 11.5 Å². The maximum absolute atomic E-state index is 12.3. The third kappa shape index (κ3) is 5.61. The van der Waals surface area contributed by atoms with Gasteiger partial charge in [-0.05, 0) is 29.8 Å². The Balaban J connectivity index is 1.59. The fraction of sp³-hybridized carbons (Fsp3) is 0.381. The van der Waals surface area contributed by atoms with Crippen LogP contribution in [0.5, 0.6) is 11.5 Å². The normalized spacial score (nSPS) is 15.6. The monoisotopic (exact) mass is 404 g/mol. The molecule has 0 spiro atoms. The summed E-state index contributed by atoms with van der Waals surface area (Å²) in [5.74, 6) is 0.961. The number of amides is 1. The van der Waals surface area contributed by atoms with E-state index < -0.39 is 0 Å². The molecule has 150 valence electrons. The first-order valence-corrected chi connectivity index (χ1v) is 9.65. The summed E-state index contributed by atoms with van der Waals surface area (Å²) in [6.45, 7) is 3.43. The second kappa shape index (κ2) is 10.3. The van der Waals surface area contributed by atoms with Gasteiger partial charge in [-0.25, -0.2) is 0 Å². The number of morpholine rings is 1. The van der Waals surface area contributed by atoms with Crippen molar-refractivity contribution in [1.29, 1.82) is 0 Å². The average Bonchev–Trinajstić information content (AvgIpc) is 2.74. The molecule has 1 N–H and O–H groups in total. The van der Waals surface area contributed by atoms with Crippen LogP contribution in [0.3, 0.4) is 0 Å². The SMILES string of the molecule is COc1ccccc1OCC(=O)NCC(c1ccc(Cl)cc1)N1CCOCC1. The molecule has 7 heteroatoms. The topological polar surface area (TPSA) is 60.0 Å². The van der Waals surface area contributed by atoms with Gasteiger partial charge in [0.15, 0.2) is 18.1 Å². The number of nitrogens with one attached hydrogen (secondary N) is 1. The largest absolute Gasteiger partial charge is 0.493 e. The van der Waals surface area contributed by atoms with Gasteiger partial charge in [0.25, 0.3) is 5.91 Å². The highest BCUT2D eigenvalue weighted by molar-refractivity contribution is 6.30. The maximum Gasteiger partial charge on any atom is 0.258 e. The van der Waals surface area contributed by atoms with Crippen LogP contribution in [-0.4, -0.2) is 57.4 Å². The molecule has 1 fully saturated rings. The lowest BCUT2D eigenvalue weighted by atomic mass is 10.0. The van der Waals surface area contributed by atoms with Crippen molar-refractivity contribution in [3.05, 3.63) is 59.1 Å². The molecule has 0 aromatic heterocycles. The van der Waals surface area contributed by atoms with E-state index in [0.717, 1.165) is 18.7 Å². The summed E-state index contributed by atoms with van der Waals surface area (Å²) in [7, 11) is 1.57. The van der Waals surface area contributed by atoms with E-state index in [4.69, 9.17) is 25.8 Å². The fourth-order valence-electron chi connectivity index (χ4n) is 3.17. The standard InChI is InChI=1S/C21H25ClN2O4/c1-26-19-4-2-3-5-20(19)28-15-21(25)23-14-18(24-10-12-27-13-11-24)16-6-8-17(22)9-7-16/h2-9,18H,10-15H2,1H3,(H,23,25). The molecule has 1 amide bonds. The van der Waals surface area contributed by atoms with Crippen LogP contribution in [0.2, 0.25) is 5.02 Å². The van der Waals surface area contributed by atoms with Crippen molar-refractivity contribution in [2.75, 3.05) is 46.6 Å². The number of ether oxygens (including phenoxy) is 3. The molecule has 1 aliphatic heterocycles. The number of nitrogens with zero attached hydrogens (tertiary/aromatic N) is 1. The van der Waals surface area contributed by atoms with Crippen LogP contribution in [-0.2, 0) is 9.53 Å². The highest BCUT2D eigenvalue weighted by atomic mass is 35.5. The Morgan fingerprint density at radius 1 is 1.14 bits per heavy atom. The smallest absolute Gasteiger partial charge is 0.258 e. The van der Waals surface area contributed by atoms with Gasteiger partial charge in [0.05, 0.1) is 26.4 Å². The molecule has 1 aliphatic rings. The average molecular weight is 405 g/mol. The molecule has 2 aromatic carbocycles. The summed E-state index contributed by atoms with van der Waals surface area (Å²) in [5.41, 5.74) is 1.11. The Morgan fingerprint density at radius 2 is 1.82 bits per heavy atom. The summed E-state index contributed by atoms with van der Waals surface area (Å²) in [4.78, 5) is 14.7. The first-order valence-electron chi connectivity index (χ1n) is 9.27. The lowest BCUT2D eigenvalue weighted by Crippen LogP contribution is -2.44. The van der Waals surface area contributed by atoms with Gasteiger partial charge in [-0.3, -0.25) is 9.69 Å². The van der Waals surface area contributed by atoms with Gasteiger partial charge in [-0.1, -0.05) is 35.9 Å². The number of para-hydroxylation sites is 2. The summed E-state index contributed by atoms with van der Waals surface area (Å²) in [5, 5.41) is 3.67. The molecule has 6 nitrogen and oxygen atoms in total. The van der Waals surface area contributed by atoms with E-state index in [1.54, 1.807) is 19.2 Å². The van der Waals surface area contributed by atoms with Crippen LogP contribution in [0, 0.1) is 0 Å². The zero-order chi connectivity index (χ0) is 19.8. The predicted octanol–water partition coefficient (Wildman–Crippen LogP) is 2.92. The molecule has 1 atom stereocenters. The molecule has 28 heavy (non-hydrogen) atoms. The number of carbonyl (C=O) groups is 1. The molecule has 3 rings (SSSR count). The summed E-state index contributed by atoms with van der Waals surface area (Å²) < 4.78 is 16.3. The summed E-state index contributed by atoms with van der Waals surface area (Å²) in [6, 6.07) is 15.1.